The van der Waals surface area contributed by atoms with Crippen molar-refractivity contribution >= 4 is 10.0 Å². The van der Waals surface area contributed by atoms with Crippen molar-refractivity contribution in [3.8, 4) is 11.5 Å². The van der Waals surface area contributed by atoms with Gasteiger partial charge in [0.2, 0.25) is 10.0 Å². The molecule has 0 saturated heterocycles. The summed E-state index contributed by atoms with van der Waals surface area (Å²) >= 11 is 0. The summed E-state index contributed by atoms with van der Waals surface area (Å²) in [6, 6.07) is 24.1. The van der Waals surface area contributed by atoms with Gasteiger partial charge in [-0.3, -0.25) is 0 Å². The van der Waals surface area contributed by atoms with Crippen LogP contribution >= 0.6 is 0 Å². The van der Waals surface area contributed by atoms with E-state index in [1.54, 1.807) is 28.6 Å². The molecular weight excluding hydrogens is 398 g/mol. The van der Waals surface area contributed by atoms with Gasteiger partial charge < -0.3 is 9.47 Å². The molecule has 0 radical (unpaired) electrons. The fourth-order valence-electron chi connectivity index (χ4n) is 3.85. The number of ether oxygens (including phenoxy) is 2. The monoisotopic (exact) mass is 423 g/mol. The number of nitrogens with zero attached hydrogens (tertiary/aromatic N) is 1. The Morgan fingerprint density at radius 1 is 0.967 bits per heavy atom. The predicted molar refractivity (Wildman–Crippen MR) is 116 cm³/mol. The third kappa shape index (κ3) is 4.20. The number of sulfonamides is 1. The highest BCUT2D eigenvalue weighted by Gasteiger charge is 2.35. The molecular formula is C24H25NO4S. The third-order valence-corrected chi connectivity index (χ3v) is 7.32. The summed E-state index contributed by atoms with van der Waals surface area (Å²) in [6.45, 7) is 0.695. The van der Waals surface area contributed by atoms with E-state index in [1.165, 1.54) is 7.11 Å². The van der Waals surface area contributed by atoms with Crippen molar-refractivity contribution in [3.63, 3.8) is 0 Å². The van der Waals surface area contributed by atoms with E-state index in [-0.39, 0.29) is 17.5 Å². The molecule has 0 N–H and O–H groups in total. The molecule has 3 aromatic carbocycles. The third-order valence-electron chi connectivity index (χ3n) is 5.38. The molecule has 0 amide bonds. The minimum atomic E-state index is -3.80. The minimum Gasteiger partial charge on any atom is -0.495 e. The summed E-state index contributed by atoms with van der Waals surface area (Å²) < 4.78 is 40.6. The van der Waals surface area contributed by atoms with Crippen LogP contribution in [0.3, 0.4) is 0 Å². The number of methoxy groups -OCH3 is 1. The van der Waals surface area contributed by atoms with Gasteiger partial charge in [-0.1, -0.05) is 60.7 Å². The Kier molecular flexibility index (Phi) is 6.06. The van der Waals surface area contributed by atoms with Crippen LogP contribution in [0.25, 0.3) is 0 Å². The van der Waals surface area contributed by atoms with Gasteiger partial charge in [0.05, 0.1) is 13.7 Å². The standard InChI is InChI=1S/C24H25NO4S/c1-28-23-13-7-8-14-24(23)30(26,27)25-18-20-11-5-6-12-22(20)29-16-15-21(25)17-19-9-3-2-4-10-19/h2-14,21H,15-18H2,1H3. The molecule has 6 heteroatoms. The van der Waals surface area contributed by atoms with Crippen molar-refractivity contribution in [1.82, 2.24) is 4.31 Å². The largest absolute Gasteiger partial charge is 0.495 e. The minimum absolute atomic E-state index is 0.185. The Balaban J connectivity index is 1.79. The number of para-hydroxylation sites is 2. The zero-order valence-corrected chi connectivity index (χ0v) is 17.7. The van der Waals surface area contributed by atoms with Gasteiger partial charge in [0, 0.05) is 18.2 Å². The smallest absolute Gasteiger partial charge is 0.247 e. The highest BCUT2D eigenvalue weighted by Crippen LogP contribution is 2.33. The lowest BCUT2D eigenvalue weighted by atomic mass is 10.0. The second-order valence-corrected chi connectivity index (χ2v) is 9.15. The van der Waals surface area contributed by atoms with Crippen LogP contribution in [0.15, 0.2) is 83.8 Å². The first-order chi connectivity index (χ1) is 14.6. The molecule has 1 atom stereocenters. The van der Waals surface area contributed by atoms with Crippen LogP contribution in [0.2, 0.25) is 0 Å². The van der Waals surface area contributed by atoms with Gasteiger partial charge in [-0.05, 0) is 36.6 Å². The lowest BCUT2D eigenvalue weighted by Gasteiger charge is -2.34. The number of hydrogen-bond donors (Lipinski definition) is 0. The van der Waals surface area contributed by atoms with E-state index in [9.17, 15) is 8.42 Å². The first-order valence-corrected chi connectivity index (χ1v) is 11.4. The zero-order valence-electron chi connectivity index (χ0n) is 16.9. The quantitative estimate of drug-likeness (QED) is 0.615. The van der Waals surface area contributed by atoms with Crippen molar-refractivity contribution in [2.75, 3.05) is 13.7 Å². The lowest BCUT2D eigenvalue weighted by Crippen LogP contribution is -2.43. The Morgan fingerprint density at radius 2 is 1.67 bits per heavy atom. The van der Waals surface area contributed by atoms with Crippen LogP contribution < -0.4 is 9.47 Å². The van der Waals surface area contributed by atoms with Gasteiger partial charge in [-0.25, -0.2) is 8.42 Å². The maximum absolute atomic E-state index is 13.8. The second-order valence-electron chi connectivity index (χ2n) is 7.29. The molecule has 5 nitrogen and oxygen atoms in total. The Labute approximate surface area is 177 Å². The van der Waals surface area contributed by atoms with Crippen molar-refractivity contribution in [1.29, 1.82) is 0 Å². The van der Waals surface area contributed by atoms with Crippen LogP contribution in [0.1, 0.15) is 17.5 Å². The molecule has 0 spiro atoms. The Bertz CT molecular complexity index is 1100. The molecule has 0 fully saturated rings. The van der Waals surface area contributed by atoms with Gasteiger partial charge in [0.1, 0.15) is 16.4 Å². The maximum Gasteiger partial charge on any atom is 0.247 e. The second kappa shape index (κ2) is 8.90. The van der Waals surface area contributed by atoms with Crippen molar-refractivity contribution in [3.05, 3.63) is 90.0 Å². The van der Waals surface area contributed by atoms with Crippen LogP contribution in [0.4, 0.5) is 0 Å². The average molecular weight is 424 g/mol. The molecule has 0 aromatic heterocycles. The Morgan fingerprint density at radius 3 is 2.47 bits per heavy atom. The summed E-state index contributed by atoms with van der Waals surface area (Å²) in [5.41, 5.74) is 1.95. The normalized spacial score (nSPS) is 17.3. The van der Waals surface area contributed by atoms with Crippen molar-refractivity contribution in [2.24, 2.45) is 0 Å². The molecule has 30 heavy (non-hydrogen) atoms. The first kappa shape index (κ1) is 20.4. The highest BCUT2D eigenvalue weighted by atomic mass is 32.2. The van der Waals surface area contributed by atoms with Crippen LogP contribution in [0.5, 0.6) is 11.5 Å². The number of hydrogen-bond acceptors (Lipinski definition) is 4. The van der Waals surface area contributed by atoms with Gasteiger partial charge in [-0.2, -0.15) is 4.31 Å². The number of rotatable bonds is 5. The van der Waals surface area contributed by atoms with Crippen molar-refractivity contribution in [2.45, 2.75) is 30.3 Å². The van der Waals surface area contributed by atoms with Crippen LogP contribution in [-0.2, 0) is 23.0 Å². The van der Waals surface area contributed by atoms with Gasteiger partial charge in [0.15, 0.2) is 0 Å². The van der Waals surface area contributed by atoms with E-state index in [0.717, 1.165) is 16.9 Å². The van der Waals surface area contributed by atoms with E-state index >= 15 is 0 Å². The number of fused-ring (bicyclic) bond motifs is 1. The van der Waals surface area contributed by atoms with E-state index in [1.807, 2.05) is 54.6 Å². The molecule has 0 aliphatic carbocycles. The topological polar surface area (TPSA) is 55.8 Å². The zero-order chi connectivity index (χ0) is 21.0. The molecule has 4 rings (SSSR count). The maximum atomic E-state index is 13.8. The van der Waals surface area contributed by atoms with E-state index in [2.05, 4.69) is 0 Å². The molecule has 1 heterocycles. The fraction of sp³-hybridized carbons (Fsp3) is 0.250. The predicted octanol–water partition coefficient (Wildman–Crippen LogP) is 4.28. The van der Waals surface area contributed by atoms with Gasteiger partial charge >= 0.3 is 0 Å². The molecule has 156 valence electrons. The van der Waals surface area contributed by atoms with E-state index in [0.29, 0.717) is 25.2 Å². The molecule has 1 aliphatic rings. The van der Waals surface area contributed by atoms with E-state index in [4.69, 9.17) is 9.47 Å². The molecule has 0 bridgehead atoms. The fourth-order valence-corrected chi connectivity index (χ4v) is 5.64. The number of benzene rings is 3. The van der Waals surface area contributed by atoms with Gasteiger partial charge in [-0.15, -0.1) is 0 Å². The summed E-state index contributed by atoms with van der Waals surface area (Å²) in [5.74, 6) is 1.08. The summed E-state index contributed by atoms with van der Waals surface area (Å²) in [5, 5.41) is 0. The first-order valence-electron chi connectivity index (χ1n) is 9.99. The Hall–Kier alpha value is -2.83. The van der Waals surface area contributed by atoms with Crippen LogP contribution in [0, 0.1) is 0 Å². The SMILES string of the molecule is COc1ccccc1S(=O)(=O)N1Cc2ccccc2OCCC1Cc1ccccc1. The lowest BCUT2D eigenvalue weighted by molar-refractivity contribution is 0.212. The average Bonchev–Trinajstić information content (AvgIpc) is 2.76. The summed E-state index contributed by atoms with van der Waals surface area (Å²) in [6.07, 6.45) is 1.21. The van der Waals surface area contributed by atoms with Crippen LogP contribution in [-0.4, -0.2) is 32.5 Å². The van der Waals surface area contributed by atoms with E-state index < -0.39 is 10.0 Å². The van der Waals surface area contributed by atoms with Crippen molar-refractivity contribution < 1.29 is 17.9 Å². The molecule has 0 saturated carbocycles. The molecule has 3 aromatic rings. The summed E-state index contributed by atoms with van der Waals surface area (Å²) in [4.78, 5) is 0.185. The molecule has 1 unspecified atom stereocenters. The van der Waals surface area contributed by atoms with Gasteiger partial charge in [0.25, 0.3) is 0 Å². The highest BCUT2D eigenvalue weighted by molar-refractivity contribution is 7.89. The summed E-state index contributed by atoms with van der Waals surface area (Å²) in [7, 11) is -2.31. The molecule has 1 aliphatic heterocycles.